The minimum Gasteiger partial charge on any atom is -0.492 e. The van der Waals surface area contributed by atoms with E-state index in [4.69, 9.17) is 16.3 Å². The second-order valence-electron chi connectivity index (χ2n) is 4.61. The van der Waals surface area contributed by atoms with Crippen molar-refractivity contribution in [3.63, 3.8) is 0 Å². The van der Waals surface area contributed by atoms with Gasteiger partial charge in [0.1, 0.15) is 15.9 Å². The molecule has 0 aliphatic carbocycles. The zero-order chi connectivity index (χ0) is 16.9. The van der Waals surface area contributed by atoms with Crippen molar-refractivity contribution in [1.82, 2.24) is 0 Å². The fourth-order valence-electron chi connectivity index (χ4n) is 2.04. The lowest BCUT2D eigenvalue weighted by molar-refractivity contribution is -0.0812. The largest absolute Gasteiger partial charge is 0.492 e. The predicted octanol–water partition coefficient (Wildman–Crippen LogP) is 6.06. The maximum atomic E-state index is 13.2. The van der Waals surface area contributed by atoms with E-state index < -0.39 is 9.76 Å². The Morgan fingerprint density at radius 1 is 0.957 bits per heavy atom. The zero-order valence-electron chi connectivity index (χ0n) is 11.9. The van der Waals surface area contributed by atoms with Crippen LogP contribution < -0.4 is 4.74 Å². The summed E-state index contributed by atoms with van der Waals surface area (Å²) in [6.45, 7) is 0.350. The zero-order valence-corrected chi connectivity index (χ0v) is 14.8. The number of halogens is 5. The first-order valence-corrected chi connectivity index (χ1v) is 8.36. The first-order valence-electron chi connectivity index (χ1n) is 6.75. The van der Waals surface area contributed by atoms with Gasteiger partial charge in [0.05, 0.1) is 5.88 Å². The molecule has 0 aliphatic heterocycles. The molecule has 122 valence electrons. The highest BCUT2D eigenvalue weighted by molar-refractivity contribution is 14.1. The summed E-state index contributed by atoms with van der Waals surface area (Å²) >= 11 is 6.90. The van der Waals surface area contributed by atoms with E-state index in [1.165, 1.54) is 22.6 Å². The van der Waals surface area contributed by atoms with Crippen molar-refractivity contribution in [3.8, 4) is 5.75 Å². The van der Waals surface area contributed by atoms with Crippen LogP contribution in [0.1, 0.15) is 11.1 Å². The lowest BCUT2D eigenvalue weighted by atomic mass is 9.97. The smallest absolute Gasteiger partial charge is 0.422 e. The Hall–Kier alpha value is -1.21. The molecule has 6 heteroatoms. The van der Waals surface area contributed by atoms with Gasteiger partial charge in [-0.25, -0.2) is 0 Å². The summed E-state index contributed by atoms with van der Waals surface area (Å²) in [5.74, 6) is 0.923. The van der Waals surface area contributed by atoms with Gasteiger partial charge in [-0.05, 0) is 45.9 Å². The van der Waals surface area contributed by atoms with E-state index in [1.54, 1.807) is 54.6 Å². The molecular formula is C17H13ClF3IO. The van der Waals surface area contributed by atoms with Crippen LogP contribution in [-0.2, 0) is 0 Å². The molecule has 23 heavy (non-hydrogen) atoms. The molecule has 1 nitrogen and oxygen atoms in total. The standard InChI is InChI=1S/C17H13ClF3IO/c18-10-11-23-14-8-6-13(7-9-14)15(16(22)17(19,20)21)12-4-2-1-3-5-12/h1-9H,10-11H2/b16-15-. The quantitative estimate of drug-likeness (QED) is 0.396. The number of benzene rings is 2. The van der Waals surface area contributed by atoms with Crippen LogP contribution in [-0.4, -0.2) is 18.7 Å². The number of hydrogen-bond donors (Lipinski definition) is 0. The van der Waals surface area contributed by atoms with E-state index in [-0.39, 0.29) is 5.57 Å². The third-order valence-electron chi connectivity index (χ3n) is 3.02. The van der Waals surface area contributed by atoms with Crippen LogP contribution in [0.2, 0.25) is 0 Å². The fraction of sp³-hybridized carbons (Fsp3) is 0.176. The molecule has 2 rings (SSSR count). The molecule has 0 N–H and O–H groups in total. The van der Waals surface area contributed by atoms with Gasteiger partial charge in [-0.1, -0.05) is 42.5 Å². The Bertz CT molecular complexity index is 666. The SMILES string of the molecule is FC(F)(F)/C(I)=C(\c1ccccc1)c1ccc(OCCCl)cc1. The van der Waals surface area contributed by atoms with Crippen LogP contribution in [0.15, 0.2) is 58.2 Å². The first-order chi connectivity index (χ1) is 10.9. The van der Waals surface area contributed by atoms with Crippen molar-refractivity contribution in [2.24, 2.45) is 0 Å². The van der Waals surface area contributed by atoms with Gasteiger partial charge < -0.3 is 4.74 Å². The molecular weight excluding hydrogens is 440 g/mol. The molecule has 0 saturated heterocycles. The van der Waals surface area contributed by atoms with Crippen molar-refractivity contribution >= 4 is 39.8 Å². The van der Waals surface area contributed by atoms with Gasteiger partial charge >= 0.3 is 6.18 Å². The Morgan fingerprint density at radius 3 is 2.04 bits per heavy atom. The predicted molar refractivity (Wildman–Crippen MR) is 95.2 cm³/mol. The molecule has 0 unspecified atom stereocenters. The Labute approximate surface area is 151 Å². The maximum Gasteiger partial charge on any atom is 0.422 e. The summed E-state index contributed by atoms with van der Waals surface area (Å²) in [6, 6.07) is 15.1. The van der Waals surface area contributed by atoms with Gasteiger partial charge in [-0.3, -0.25) is 0 Å². The molecule has 0 heterocycles. The van der Waals surface area contributed by atoms with Crippen molar-refractivity contribution in [2.45, 2.75) is 6.18 Å². The summed E-state index contributed by atoms with van der Waals surface area (Å²) in [6.07, 6.45) is -4.40. The first kappa shape index (κ1) is 18.1. The van der Waals surface area contributed by atoms with E-state index >= 15 is 0 Å². The average molecular weight is 453 g/mol. The molecule has 0 bridgehead atoms. The van der Waals surface area contributed by atoms with E-state index in [0.717, 1.165) is 0 Å². The van der Waals surface area contributed by atoms with Crippen LogP contribution in [0.3, 0.4) is 0 Å². The van der Waals surface area contributed by atoms with Crippen LogP contribution in [0.4, 0.5) is 13.2 Å². The summed E-state index contributed by atoms with van der Waals surface area (Å²) in [4.78, 5) is 0. The highest BCUT2D eigenvalue weighted by Gasteiger charge is 2.35. The van der Waals surface area contributed by atoms with Gasteiger partial charge in [-0.2, -0.15) is 13.2 Å². The van der Waals surface area contributed by atoms with Crippen molar-refractivity contribution in [2.75, 3.05) is 12.5 Å². The Kier molecular flexibility index (Phi) is 6.35. The van der Waals surface area contributed by atoms with Crippen molar-refractivity contribution in [1.29, 1.82) is 0 Å². The third kappa shape index (κ3) is 4.88. The molecule has 0 aromatic heterocycles. The highest BCUT2D eigenvalue weighted by Crippen LogP contribution is 2.40. The molecule has 0 aliphatic rings. The lowest BCUT2D eigenvalue weighted by Crippen LogP contribution is -2.10. The second kappa shape index (κ2) is 8.06. The molecule has 2 aromatic carbocycles. The molecule has 0 atom stereocenters. The second-order valence-corrected chi connectivity index (χ2v) is 6.07. The van der Waals surface area contributed by atoms with Crippen LogP contribution in [0.25, 0.3) is 5.57 Å². The van der Waals surface area contributed by atoms with Crippen LogP contribution >= 0.6 is 34.2 Å². The van der Waals surface area contributed by atoms with Gasteiger partial charge in [0.15, 0.2) is 0 Å². The minimum atomic E-state index is -4.40. The number of ether oxygens (including phenoxy) is 1. The number of rotatable bonds is 5. The van der Waals surface area contributed by atoms with Gasteiger partial charge in [-0.15, -0.1) is 11.6 Å². The molecule has 0 amide bonds. The highest BCUT2D eigenvalue weighted by atomic mass is 127. The molecule has 0 spiro atoms. The lowest BCUT2D eigenvalue weighted by Gasteiger charge is -2.15. The van der Waals surface area contributed by atoms with E-state index in [9.17, 15) is 13.2 Å². The number of alkyl halides is 4. The molecule has 2 aromatic rings. The van der Waals surface area contributed by atoms with Crippen molar-refractivity contribution < 1.29 is 17.9 Å². The van der Waals surface area contributed by atoms with Gasteiger partial charge in [0.2, 0.25) is 0 Å². The van der Waals surface area contributed by atoms with E-state index in [0.29, 0.717) is 29.4 Å². The fourth-order valence-corrected chi connectivity index (χ4v) is 2.74. The van der Waals surface area contributed by atoms with Crippen molar-refractivity contribution in [3.05, 3.63) is 69.3 Å². The van der Waals surface area contributed by atoms with E-state index in [1.807, 2.05) is 0 Å². The third-order valence-corrected chi connectivity index (χ3v) is 4.32. The van der Waals surface area contributed by atoms with Crippen LogP contribution in [0.5, 0.6) is 5.75 Å². The Balaban J connectivity index is 2.47. The van der Waals surface area contributed by atoms with Crippen LogP contribution in [0, 0.1) is 0 Å². The average Bonchev–Trinajstić information content (AvgIpc) is 2.54. The molecule has 0 saturated carbocycles. The monoisotopic (exact) mass is 452 g/mol. The summed E-state index contributed by atoms with van der Waals surface area (Å²) in [5.41, 5.74) is 1.15. The normalized spacial score (nSPS) is 12.7. The number of allylic oxidation sites excluding steroid dienone is 1. The summed E-state index contributed by atoms with van der Waals surface area (Å²) in [5, 5.41) is 0. The topological polar surface area (TPSA) is 9.23 Å². The Morgan fingerprint density at radius 2 is 1.52 bits per heavy atom. The maximum absolute atomic E-state index is 13.2. The van der Waals surface area contributed by atoms with Gasteiger partial charge in [0.25, 0.3) is 0 Å². The summed E-state index contributed by atoms with van der Waals surface area (Å²) < 4.78 is 44.3. The summed E-state index contributed by atoms with van der Waals surface area (Å²) in [7, 11) is 0. The van der Waals surface area contributed by atoms with E-state index in [2.05, 4.69) is 0 Å². The molecule has 0 fully saturated rings. The minimum absolute atomic E-state index is 0.155. The molecule has 0 radical (unpaired) electrons. The number of hydrogen-bond acceptors (Lipinski definition) is 1. The van der Waals surface area contributed by atoms with Gasteiger partial charge in [0, 0.05) is 5.57 Å².